The van der Waals surface area contributed by atoms with Crippen LogP contribution in [0, 0.1) is 13.8 Å². The molecule has 0 unspecified atom stereocenters. The highest BCUT2D eigenvalue weighted by Crippen LogP contribution is 2.26. The lowest BCUT2D eigenvalue weighted by molar-refractivity contribution is -0.116. The lowest BCUT2D eigenvalue weighted by atomic mass is 9.92. The van der Waals surface area contributed by atoms with Crippen LogP contribution in [-0.4, -0.2) is 39.7 Å². The number of aromatic nitrogens is 2. The first kappa shape index (κ1) is 24.0. The molecule has 0 saturated carbocycles. The number of nitrogens with zero attached hydrogens (tertiary/aromatic N) is 3. The smallest absolute Gasteiger partial charge is 0.315 e. The molecule has 0 atom stereocenters. The van der Waals surface area contributed by atoms with Crippen molar-refractivity contribution in [3.8, 4) is 5.69 Å². The fourth-order valence-electron chi connectivity index (χ4n) is 3.40. The Balaban J connectivity index is 1.78. The van der Waals surface area contributed by atoms with E-state index in [2.05, 4.69) is 31.4 Å². The Morgan fingerprint density at radius 1 is 0.970 bits per heavy atom. The number of benzene rings is 2. The summed E-state index contributed by atoms with van der Waals surface area (Å²) in [7, 11) is 0. The normalized spacial score (nSPS) is 11.2. The van der Waals surface area contributed by atoms with Gasteiger partial charge in [-0.3, -0.25) is 4.79 Å². The highest BCUT2D eigenvalue weighted by molar-refractivity contribution is 5.96. The van der Waals surface area contributed by atoms with Crippen molar-refractivity contribution in [3.05, 3.63) is 71.4 Å². The number of hydrogen-bond donors (Lipinski definition) is 2. The predicted octanol–water partition coefficient (Wildman–Crippen LogP) is 5.28. The van der Waals surface area contributed by atoms with E-state index in [-0.39, 0.29) is 23.9 Å². The Hall–Kier alpha value is -3.61. The van der Waals surface area contributed by atoms with Gasteiger partial charge in [-0.25, -0.2) is 9.48 Å². The molecule has 174 valence electrons. The molecule has 0 aliphatic heterocycles. The van der Waals surface area contributed by atoms with Crippen LogP contribution in [0.25, 0.3) is 5.69 Å². The third-order valence-electron chi connectivity index (χ3n) is 5.26. The average molecular weight is 448 g/mol. The highest BCUT2D eigenvalue weighted by Gasteiger charge is 2.23. The van der Waals surface area contributed by atoms with Crippen LogP contribution in [0.15, 0.2) is 54.6 Å². The van der Waals surface area contributed by atoms with Crippen molar-refractivity contribution in [2.75, 3.05) is 23.7 Å². The van der Waals surface area contributed by atoms with E-state index in [1.807, 2.05) is 75.4 Å². The Morgan fingerprint density at radius 3 is 2.24 bits per heavy atom. The molecule has 7 heteroatoms. The van der Waals surface area contributed by atoms with E-state index in [1.165, 1.54) is 4.90 Å². The molecule has 0 aliphatic carbocycles. The summed E-state index contributed by atoms with van der Waals surface area (Å²) in [5.41, 5.74) is 4.40. The van der Waals surface area contributed by atoms with Gasteiger partial charge < -0.3 is 15.5 Å². The molecule has 7 nitrogen and oxygen atoms in total. The van der Waals surface area contributed by atoms with Crippen LogP contribution in [0.3, 0.4) is 0 Å². The molecule has 3 rings (SSSR count). The maximum Gasteiger partial charge on any atom is 0.322 e. The fraction of sp³-hybridized carbons (Fsp3) is 0.346. The largest absolute Gasteiger partial charge is 0.322 e. The predicted molar refractivity (Wildman–Crippen MR) is 133 cm³/mol. The Kier molecular flexibility index (Phi) is 7.21. The molecule has 0 aliphatic rings. The molecule has 0 saturated heterocycles. The van der Waals surface area contributed by atoms with Gasteiger partial charge in [0.1, 0.15) is 12.4 Å². The lowest BCUT2D eigenvalue weighted by Gasteiger charge is -2.21. The third-order valence-corrected chi connectivity index (χ3v) is 5.26. The minimum atomic E-state index is -0.319. The molecule has 3 amide bonds. The quantitative estimate of drug-likeness (QED) is 0.540. The maximum absolute atomic E-state index is 12.9. The van der Waals surface area contributed by atoms with Gasteiger partial charge in [0.2, 0.25) is 5.91 Å². The second-order valence-electron chi connectivity index (χ2n) is 9.28. The molecular weight excluding hydrogens is 414 g/mol. The van der Waals surface area contributed by atoms with Crippen LogP contribution in [0.2, 0.25) is 0 Å². The summed E-state index contributed by atoms with van der Waals surface area (Å²) in [5.74, 6) is 0.288. The highest BCUT2D eigenvalue weighted by atomic mass is 16.2. The molecule has 3 aromatic rings. The van der Waals surface area contributed by atoms with Gasteiger partial charge in [0.05, 0.1) is 11.4 Å². The van der Waals surface area contributed by atoms with Crippen molar-refractivity contribution in [1.29, 1.82) is 0 Å². The van der Waals surface area contributed by atoms with Crippen molar-refractivity contribution >= 4 is 23.4 Å². The summed E-state index contributed by atoms with van der Waals surface area (Å²) in [6.45, 7) is 12.4. The average Bonchev–Trinajstić information content (AvgIpc) is 3.16. The summed E-state index contributed by atoms with van der Waals surface area (Å²) in [4.78, 5) is 27.1. The zero-order valence-electron chi connectivity index (χ0n) is 20.3. The second-order valence-corrected chi connectivity index (χ2v) is 9.28. The molecule has 0 bridgehead atoms. The van der Waals surface area contributed by atoms with Gasteiger partial charge in [-0.1, -0.05) is 45.0 Å². The van der Waals surface area contributed by atoms with Crippen LogP contribution < -0.4 is 10.6 Å². The number of nitrogens with one attached hydrogen (secondary N) is 2. The standard InChI is InChI=1S/C26H33N5O2/c1-7-30(25(33)27-20-12-8-10-18(2)14-20)17-24(32)28-23-16-22(26(4,5)6)29-31(23)21-13-9-11-19(3)15-21/h8-16H,7,17H2,1-6H3,(H,27,33)(H,28,32). The van der Waals surface area contributed by atoms with E-state index in [0.29, 0.717) is 18.1 Å². The van der Waals surface area contributed by atoms with Crippen molar-refractivity contribution < 1.29 is 9.59 Å². The van der Waals surface area contributed by atoms with Gasteiger partial charge in [-0.2, -0.15) is 5.10 Å². The zero-order chi connectivity index (χ0) is 24.2. The zero-order valence-corrected chi connectivity index (χ0v) is 20.3. The summed E-state index contributed by atoms with van der Waals surface area (Å²) >= 11 is 0. The minimum Gasteiger partial charge on any atom is -0.315 e. The number of aryl methyl sites for hydroxylation is 2. The first-order chi connectivity index (χ1) is 15.6. The van der Waals surface area contributed by atoms with E-state index in [1.54, 1.807) is 4.68 Å². The van der Waals surface area contributed by atoms with E-state index >= 15 is 0 Å². The van der Waals surface area contributed by atoms with Gasteiger partial charge in [-0.05, 0) is 56.2 Å². The van der Waals surface area contributed by atoms with E-state index in [4.69, 9.17) is 5.10 Å². The van der Waals surface area contributed by atoms with Crippen molar-refractivity contribution in [1.82, 2.24) is 14.7 Å². The van der Waals surface area contributed by atoms with E-state index < -0.39 is 0 Å². The number of carbonyl (C=O) groups excluding carboxylic acids is 2. The maximum atomic E-state index is 12.9. The Labute approximate surface area is 195 Å². The summed E-state index contributed by atoms with van der Waals surface area (Å²) in [6.07, 6.45) is 0. The Morgan fingerprint density at radius 2 is 1.64 bits per heavy atom. The van der Waals surface area contributed by atoms with Crippen LogP contribution in [0.4, 0.5) is 16.3 Å². The van der Waals surface area contributed by atoms with Crippen LogP contribution in [-0.2, 0) is 10.2 Å². The number of hydrogen-bond acceptors (Lipinski definition) is 3. The molecule has 2 aromatic carbocycles. The fourth-order valence-corrected chi connectivity index (χ4v) is 3.40. The van der Waals surface area contributed by atoms with Crippen LogP contribution >= 0.6 is 0 Å². The molecule has 2 N–H and O–H groups in total. The molecule has 0 radical (unpaired) electrons. The first-order valence-electron chi connectivity index (χ1n) is 11.2. The van der Waals surface area contributed by atoms with Gasteiger partial charge in [0, 0.05) is 23.7 Å². The lowest BCUT2D eigenvalue weighted by Crippen LogP contribution is -2.40. The summed E-state index contributed by atoms with van der Waals surface area (Å²) in [6, 6.07) is 17.1. The van der Waals surface area contributed by atoms with Gasteiger partial charge in [0.25, 0.3) is 0 Å². The van der Waals surface area contributed by atoms with Crippen molar-refractivity contribution in [2.24, 2.45) is 0 Å². The second kappa shape index (κ2) is 9.90. The van der Waals surface area contributed by atoms with Gasteiger partial charge in [0.15, 0.2) is 0 Å². The number of carbonyl (C=O) groups is 2. The number of amides is 3. The monoisotopic (exact) mass is 447 g/mol. The molecule has 0 spiro atoms. The van der Waals surface area contributed by atoms with E-state index in [0.717, 1.165) is 22.5 Å². The number of likely N-dealkylation sites (N-methyl/N-ethyl adjacent to an activating group) is 1. The summed E-state index contributed by atoms with van der Waals surface area (Å²) < 4.78 is 1.74. The molecule has 1 heterocycles. The third kappa shape index (κ3) is 6.22. The van der Waals surface area contributed by atoms with Gasteiger partial charge in [-0.15, -0.1) is 0 Å². The van der Waals surface area contributed by atoms with Crippen LogP contribution in [0.5, 0.6) is 0 Å². The van der Waals surface area contributed by atoms with E-state index in [9.17, 15) is 9.59 Å². The van der Waals surface area contributed by atoms with Gasteiger partial charge >= 0.3 is 6.03 Å². The first-order valence-corrected chi connectivity index (χ1v) is 11.2. The molecule has 1 aromatic heterocycles. The number of anilines is 2. The minimum absolute atomic E-state index is 0.0714. The molecule has 0 fully saturated rings. The van der Waals surface area contributed by atoms with Crippen molar-refractivity contribution in [3.63, 3.8) is 0 Å². The SMILES string of the molecule is CCN(CC(=O)Nc1cc(C(C)(C)C)nn1-c1cccc(C)c1)C(=O)Nc1cccc(C)c1. The topological polar surface area (TPSA) is 79.3 Å². The number of rotatable bonds is 6. The number of urea groups is 1. The van der Waals surface area contributed by atoms with Crippen LogP contribution in [0.1, 0.15) is 44.5 Å². The Bertz CT molecular complexity index is 1140. The molecular formula is C26H33N5O2. The van der Waals surface area contributed by atoms with Crippen molar-refractivity contribution in [2.45, 2.75) is 47.0 Å². The summed E-state index contributed by atoms with van der Waals surface area (Å²) in [5, 5.41) is 10.6. The molecule has 33 heavy (non-hydrogen) atoms.